The number of nitrogens with zero attached hydrogens (tertiary/aromatic N) is 3. The highest BCUT2D eigenvalue weighted by atomic mass is 16.6. The first-order valence-corrected chi connectivity index (χ1v) is 22.6. The van der Waals surface area contributed by atoms with Crippen LogP contribution in [0.15, 0.2) is 73.1 Å². The smallest absolute Gasteiger partial charge is 0.264 e. The maximum absolute atomic E-state index is 13.2. The molecule has 6 rings (SSSR count). The third-order valence-electron chi connectivity index (χ3n) is 11.4. The number of benzene rings is 2. The molecule has 4 N–H and O–H groups in total. The molecule has 2 aromatic carbocycles. The molecule has 18 nitrogen and oxygen atoms in total. The molecule has 0 saturated carbocycles. The molecule has 2 saturated heterocycles. The van der Waals surface area contributed by atoms with Gasteiger partial charge in [-0.2, -0.15) is 0 Å². The second-order valence-corrected chi connectivity index (χ2v) is 16.1. The molecular weight excluding hydrogens is 851 g/mol. The monoisotopic (exact) mass is 909 g/mol. The number of carbonyl (C=O) groups excluding carboxylic acids is 7. The van der Waals surface area contributed by atoms with Crippen LogP contribution in [0.3, 0.4) is 0 Å². The van der Waals surface area contributed by atoms with Crippen molar-refractivity contribution in [2.45, 2.75) is 57.4 Å². The van der Waals surface area contributed by atoms with E-state index in [1.807, 2.05) is 17.0 Å². The number of rotatable bonds is 26. The predicted molar refractivity (Wildman–Crippen MR) is 243 cm³/mol. The van der Waals surface area contributed by atoms with Crippen molar-refractivity contribution in [3.63, 3.8) is 0 Å². The van der Waals surface area contributed by atoms with Crippen LogP contribution in [0.1, 0.15) is 88.0 Å². The Morgan fingerprint density at radius 3 is 2.18 bits per heavy atom. The van der Waals surface area contributed by atoms with Gasteiger partial charge >= 0.3 is 0 Å². The van der Waals surface area contributed by atoms with Crippen molar-refractivity contribution in [2.75, 3.05) is 89.7 Å². The second-order valence-electron chi connectivity index (χ2n) is 16.1. The molecule has 18 heteroatoms. The van der Waals surface area contributed by atoms with Crippen LogP contribution in [0.5, 0.6) is 0 Å². The van der Waals surface area contributed by atoms with Crippen molar-refractivity contribution in [3.05, 3.63) is 95.3 Å². The second kappa shape index (κ2) is 26.0. The number of aromatic nitrogens is 1. The first kappa shape index (κ1) is 49.1. The third kappa shape index (κ3) is 14.8. The number of imide groups is 2. The van der Waals surface area contributed by atoms with Crippen molar-refractivity contribution in [3.8, 4) is 0 Å². The lowest BCUT2D eigenvalue weighted by Gasteiger charge is -2.32. The van der Waals surface area contributed by atoms with Gasteiger partial charge in [-0.3, -0.25) is 48.8 Å². The number of pyridine rings is 1. The molecule has 0 bridgehead atoms. The van der Waals surface area contributed by atoms with Gasteiger partial charge in [0.1, 0.15) is 6.04 Å². The van der Waals surface area contributed by atoms with Crippen LogP contribution >= 0.6 is 0 Å². The van der Waals surface area contributed by atoms with E-state index < -0.39 is 29.7 Å². The summed E-state index contributed by atoms with van der Waals surface area (Å²) in [5.74, 6) is -1.98. The maximum atomic E-state index is 13.2. The number of carbonyl (C=O) groups is 7. The quantitative estimate of drug-likeness (QED) is 0.0511. The van der Waals surface area contributed by atoms with E-state index in [2.05, 4.69) is 26.3 Å². The zero-order chi connectivity index (χ0) is 46.5. The lowest BCUT2D eigenvalue weighted by molar-refractivity contribution is -0.136. The molecule has 66 heavy (non-hydrogen) atoms. The van der Waals surface area contributed by atoms with Gasteiger partial charge in [0, 0.05) is 68.0 Å². The molecule has 0 aliphatic carbocycles. The van der Waals surface area contributed by atoms with Gasteiger partial charge in [0.05, 0.1) is 70.4 Å². The fourth-order valence-electron chi connectivity index (χ4n) is 7.85. The Bertz CT molecular complexity index is 2160. The molecular formula is C48H59N7O11. The summed E-state index contributed by atoms with van der Waals surface area (Å²) in [6.45, 7) is 5.03. The predicted octanol–water partition coefficient (Wildman–Crippen LogP) is 3.84. The maximum Gasteiger partial charge on any atom is 0.264 e. The minimum Gasteiger partial charge on any atom is -0.382 e. The van der Waals surface area contributed by atoms with E-state index in [1.165, 1.54) is 6.08 Å². The number of hydrogen-bond donors (Lipinski definition) is 4. The highest BCUT2D eigenvalue weighted by molar-refractivity contribution is 6.25. The van der Waals surface area contributed by atoms with E-state index in [-0.39, 0.29) is 54.7 Å². The Labute approximate surface area is 384 Å². The average molecular weight is 910 g/mol. The molecule has 7 amide bonds. The summed E-state index contributed by atoms with van der Waals surface area (Å²) in [5, 5.41) is 11.1. The molecule has 4 heterocycles. The number of anilines is 2. The normalized spacial score (nSPS) is 16.4. The van der Waals surface area contributed by atoms with E-state index in [4.69, 9.17) is 18.9 Å². The summed E-state index contributed by atoms with van der Waals surface area (Å²) in [6.07, 6.45) is 11.9. The number of unbranched alkanes of at least 4 members (excludes halogenated alkanes) is 1. The molecule has 0 radical (unpaired) electrons. The summed E-state index contributed by atoms with van der Waals surface area (Å²) in [4.78, 5) is 94.6. The standard InChI is InChI=1S/C48H59N7O11/c56-41(15-9-35-6-4-20-49-33-35)51-21-2-1-5-34-17-23-54(24-18-34)46(60)36-10-12-37(13-11-36)52-43(58)19-25-63-27-29-65-31-32-66-30-28-64-26-22-50-39-8-3-7-38-44(39)48(62)55(47(38)61)40-14-16-42(57)53-45(40)59/h3-4,6-13,15,20,33-34,40,50H,1-2,5,14,16-19,21-32H2,(H,51,56)(H,52,58)(H,53,57,59)/b15-9+. The molecule has 3 aliphatic rings. The number of hydrogen-bond acceptors (Lipinski definition) is 13. The van der Waals surface area contributed by atoms with Crippen molar-refractivity contribution in [1.29, 1.82) is 0 Å². The molecule has 2 fully saturated rings. The van der Waals surface area contributed by atoms with Crippen molar-refractivity contribution in [1.82, 2.24) is 25.4 Å². The Kier molecular flexibility index (Phi) is 19.3. The summed E-state index contributed by atoms with van der Waals surface area (Å²) in [5.41, 5.74) is 2.93. The lowest BCUT2D eigenvalue weighted by Crippen LogP contribution is -2.54. The van der Waals surface area contributed by atoms with Gasteiger partial charge in [0.2, 0.25) is 23.6 Å². The number of fused-ring (bicyclic) bond motifs is 1. The molecule has 1 aromatic heterocycles. The van der Waals surface area contributed by atoms with E-state index in [9.17, 15) is 33.6 Å². The topological polar surface area (TPSA) is 224 Å². The molecule has 3 aromatic rings. The van der Waals surface area contributed by atoms with Crippen molar-refractivity contribution < 1.29 is 52.5 Å². The minimum atomic E-state index is -1.03. The van der Waals surface area contributed by atoms with Gasteiger partial charge in [-0.15, -0.1) is 0 Å². The van der Waals surface area contributed by atoms with E-state index >= 15 is 0 Å². The number of amides is 7. The Balaban J connectivity index is 0.723. The zero-order valence-corrected chi connectivity index (χ0v) is 37.1. The van der Waals surface area contributed by atoms with Crippen LogP contribution in [-0.2, 0) is 38.1 Å². The number of likely N-dealkylation sites (tertiary alicyclic amines) is 1. The average Bonchev–Trinajstić information content (AvgIpc) is 3.58. The van der Waals surface area contributed by atoms with Gasteiger partial charge in [-0.25, -0.2) is 0 Å². The van der Waals surface area contributed by atoms with Crippen LogP contribution in [-0.4, -0.2) is 141 Å². The highest BCUT2D eigenvalue weighted by Gasteiger charge is 2.45. The summed E-state index contributed by atoms with van der Waals surface area (Å²) in [7, 11) is 0. The van der Waals surface area contributed by atoms with Gasteiger partial charge in [0.25, 0.3) is 17.7 Å². The first-order chi connectivity index (χ1) is 32.2. The van der Waals surface area contributed by atoms with Gasteiger partial charge in [-0.1, -0.05) is 25.0 Å². The van der Waals surface area contributed by atoms with E-state index in [0.29, 0.717) is 95.3 Å². The third-order valence-corrected chi connectivity index (χ3v) is 11.4. The Morgan fingerprint density at radius 1 is 0.773 bits per heavy atom. The Hall–Kier alpha value is -6.34. The van der Waals surface area contributed by atoms with Gasteiger partial charge in [0.15, 0.2) is 0 Å². The molecule has 1 atom stereocenters. The Morgan fingerprint density at radius 2 is 1.48 bits per heavy atom. The molecule has 3 aliphatic heterocycles. The van der Waals surface area contributed by atoms with Crippen LogP contribution in [0, 0.1) is 5.92 Å². The minimum absolute atomic E-state index is 0.0104. The van der Waals surface area contributed by atoms with Crippen molar-refractivity contribution >= 4 is 58.8 Å². The van der Waals surface area contributed by atoms with E-state index in [0.717, 1.165) is 42.6 Å². The highest BCUT2D eigenvalue weighted by Crippen LogP contribution is 2.32. The lowest BCUT2D eigenvalue weighted by atomic mass is 9.91. The summed E-state index contributed by atoms with van der Waals surface area (Å²) < 4.78 is 22.2. The van der Waals surface area contributed by atoms with E-state index in [1.54, 1.807) is 60.9 Å². The fourth-order valence-corrected chi connectivity index (χ4v) is 7.85. The molecule has 1 unspecified atom stereocenters. The molecule has 0 spiro atoms. The summed E-state index contributed by atoms with van der Waals surface area (Å²) in [6, 6.07) is 14.5. The zero-order valence-electron chi connectivity index (χ0n) is 37.1. The largest absolute Gasteiger partial charge is 0.382 e. The van der Waals surface area contributed by atoms with Crippen molar-refractivity contribution in [2.24, 2.45) is 5.92 Å². The summed E-state index contributed by atoms with van der Waals surface area (Å²) >= 11 is 0. The number of piperidine rings is 2. The molecule has 352 valence electrons. The van der Waals surface area contributed by atoms with Gasteiger partial charge < -0.3 is 39.8 Å². The number of nitrogens with one attached hydrogen (secondary N) is 4. The van der Waals surface area contributed by atoms with Crippen LogP contribution in [0.4, 0.5) is 11.4 Å². The SMILES string of the molecule is O=C(/C=C/c1cccnc1)NCCCCC1CCN(C(=O)c2ccc(NC(=O)CCOCCOCCOCCOCCNc3cccc4c3C(=O)N(C3CCC(=O)NC3=O)C4=O)cc2)CC1. The van der Waals surface area contributed by atoms with Crippen LogP contribution in [0.2, 0.25) is 0 Å². The first-order valence-electron chi connectivity index (χ1n) is 22.6. The fraction of sp³-hybridized carbons (Fsp3) is 0.458. The van der Waals surface area contributed by atoms with Gasteiger partial charge in [-0.05, 0) is 85.7 Å². The van der Waals surface area contributed by atoms with Crippen LogP contribution < -0.4 is 21.3 Å². The van der Waals surface area contributed by atoms with Crippen LogP contribution in [0.25, 0.3) is 6.08 Å². The number of ether oxygens (including phenoxy) is 4.